The zero-order valence-electron chi connectivity index (χ0n) is 17.6. The molecule has 1 amide bonds. The van der Waals surface area contributed by atoms with Crippen LogP contribution in [-0.4, -0.2) is 45.2 Å². The van der Waals surface area contributed by atoms with E-state index in [4.69, 9.17) is 9.47 Å². The third-order valence-electron chi connectivity index (χ3n) is 4.78. The lowest BCUT2D eigenvalue weighted by Gasteiger charge is -2.12. The van der Waals surface area contributed by atoms with Gasteiger partial charge in [-0.25, -0.2) is 0 Å². The van der Waals surface area contributed by atoms with Gasteiger partial charge in [-0.2, -0.15) is 0 Å². The second-order valence-electron chi connectivity index (χ2n) is 7.23. The molecule has 1 aliphatic rings. The van der Waals surface area contributed by atoms with Crippen molar-refractivity contribution in [2.45, 2.75) is 31.8 Å². The summed E-state index contributed by atoms with van der Waals surface area (Å²) in [4.78, 5) is 15.9. The Kier molecular flexibility index (Phi) is 7.94. The molecule has 3 N–H and O–H groups in total. The summed E-state index contributed by atoms with van der Waals surface area (Å²) >= 11 is 0. The molecule has 0 spiro atoms. The number of amides is 1. The number of nitrogens with one attached hydrogen (secondary N) is 3. The van der Waals surface area contributed by atoms with Crippen molar-refractivity contribution in [3.8, 4) is 11.5 Å². The summed E-state index contributed by atoms with van der Waals surface area (Å²) in [5.41, 5.74) is 2.34. The smallest absolute Gasteiger partial charge is 0.258 e. The number of hydrogen-bond donors (Lipinski definition) is 3. The average molecular weight is 411 g/mol. The van der Waals surface area contributed by atoms with Gasteiger partial charge in [-0.15, -0.1) is 0 Å². The lowest BCUT2D eigenvalue weighted by atomic mass is 10.1. The Hall–Kier alpha value is -3.22. The summed E-state index contributed by atoms with van der Waals surface area (Å²) in [6.45, 7) is 1.50. The maximum Gasteiger partial charge on any atom is 0.258 e. The van der Waals surface area contributed by atoms with Crippen LogP contribution >= 0.6 is 0 Å². The molecule has 3 rings (SSSR count). The van der Waals surface area contributed by atoms with Gasteiger partial charge in [0, 0.05) is 26.2 Å². The first-order chi connectivity index (χ1) is 14.7. The molecule has 2 aromatic carbocycles. The van der Waals surface area contributed by atoms with E-state index in [2.05, 4.69) is 20.9 Å². The highest BCUT2D eigenvalue weighted by atomic mass is 16.5. The van der Waals surface area contributed by atoms with Gasteiger partial charge in [-0.1, -0.05) is 24.3 Å². The van der Waals surface area contributed by atoms with Crippen molar-refractivity contribution in [2.24, 2.45) is 4.99 Å². The van der Waals surface area contributed by atoms with Crippen LogP contribution in [0.3, 0.4) is 0 Å². The quantitative estimate of drug-likeness (QED) is 0.413. The Morgan fingerprint density at radius 1 is 1.00 bits per heavy atom. The fraction of sp³-hybridized carbons (Fsp3) is 0.391. The maximum atomic E-state index is 11.7. The number of rotatable bonds is 10. The van der Waals surface area contributed by atoms with Gasteiger partial charge in [0.05, 0.1) is 7.11 Å². The fourth-order valence-electron chi connectivity index (χ4n) is 2.87. The SMILES string of the molecule is CN=C(NCCc1ccc(OCC(=O)NC2CC2)cc1)NCc1ccc(OC)cc1. The van der Waals surface area contributed by atoms with Crippen LogP contribution < -0.4 is 25.4 Å². The second kappa shape index (κ2) is 11.1. The van der Waals surface area contributed by atoms with Crippen molar-refractivity contribution in [1.82, 2.24) is 16.0 Å². The topological polar surface area (TPSA) is 84.0 Å². The Balaban J connectivity index is 1.35. The minimum Gasteiger partial charge on any atom is -0.497 e. The highest BCUT2D eigenvalue weighted by Crippen LogP contribution is 2.18. The fourth-order valence-corrected chi connectivity index (χ4v) is 2.87. The Morgan fingerprint density at radius 2 is 1.67 bits per heavy atom. The van der Waals surface area contributed by atoms with Gasteiger partial charge in [-0.3, -0.25) is 9.79 Å². The monoisotopic (exact) mass is 410 g/mol. The molecule has 2 aromatic rings. The molecule has 0 unspecified atom stereocenters. The number of carbonyl (C=O) groups excluding carboxylic acids is 1. The third kappa shape index (κ3) is 7.31. The molecular weight excluding hydrogens is 380 g/mol. The highest BCUT2D eigenvalue weighted by Gasteiger charge is 2.23. The van der Waals surface area contributed by atoms with E-state index >= 15 is 0 Å². The van der Waals surface area contributed by atoms with Gasteiger partial charge in [0.25, 0.3) is 5.91 Å². The van der Waals surface area contributed by atoms with Crippen LogP contribution in [0.15, 0.2) is 53.5 Å². The van der Waals surface area contributed by atoms with Crippen molar-refractivity contribution in [1.29, 1.82) is 0 Å². The lowest BCUT2D eigenvalue weighted by molar-refractivity contribution is -0.123. The zero-order chi connectivity index (χ0) is 21.2. The van der Waals surface area contributed by atoms with E-state index in [-0.39, 0.29) is 12.5 Å². The van der Waals surface area contributed by atoms with Crippen LogP contribution in [0, 0.1) is 0 Å². The first kappa shape index (κ1) is 21.5. The molecule has 0 aliphatic heterocycles. The van der Waals surface area contributed by atoms with Crippen LogP contribution in [-0.2, 0) is 17.8 Å². The molecule has 7 nitrogen and oxygen atoms in total. The Labute approximate surface area is 177 Å². The van der Waals surface area contributed by atoms with E-state index in [0.717, 1.165) is 43.1 Å². The van der Waals surface area contributed by atoms with Crippen molar-refractivity contribution >= 4 is 11.9 Å². The normalized spacial score (nSPS) is 13.5. The standard InChI is InChI=1S/C23H30N4O3/c1-24-23(26-15-18-5-9-20(29-2)10-6-18)25-14-13-17-3-11-21(12-4-17)30-16-22(28)27-19-7-8-19/h3-6,9-12,19H,7-8,13-16H2,1-2H3,(H,27,28)(H2,24,25,26). The van der Waals surface area contributed by atoms with Gasteiger partial charge in [0.15, 0.2) is 12.6 Å². The Morgan fingerprint density at radius 3 is 2.30 bits per heavy atom. The van der Waals surface area contributed by atoms with Crippen molar-refractivity contribution in [2.75, 3.05) is 27.3 Å². The molecule has 1 fully saturated rings. The van der Waals surface area contributed by atoms with Crippen LogP contribution in [0.2, 0.25) is 0 Å². The molecule has 1 aliphatic carbocycles. The summed E-state index contributed by atoms with van der Waals surface area (Å²) < 4.78 is 10.7. The number of benzene rings is 2. The van der Waals surface area contributed by atoms with Crippen LogP contribution in [0.1, 0.15) is 24.0 Å². The van der Waals surface area contributed by atoms with E-state index in [0.29, 0.717) is 18.3 Å². The summed E-state index contributed by atoms with van der Waals surface area (Å²) in [5.74, 6) is 2.25. The molecule has 0 radical (unpaired) electrons. The predicted molar refractivity (Wildman–Crippen MR) is 118 cm³/mol. The molecular formula is C23H30N4O3. The van der Waals surface area contributed by atoms with Gasteiger partial charge < -0.3 is 25.4 Å². The predicted octanol–water partition coefficient (Wildman–Crippen LogP) is 2.26. The van der Waals surface area contributed by atoms with Gasteiger partial charge in [-0.05, 0) is 54.7 Å². The molecule has 160 valence electrons. The second-order valence-corrected chi connectivity index (χ2v) is 7.23. The van der Waals surface area contributed by atoms with Crippen LogP contribution in [0.25, 0.3) is 0 Å². The van der Waals surface area contributed by atoms with Gasteiger partial charge >= 0.3 is 0 Å². The van der Waals surface area contributed by atoms with E-state index in [1.165, 1.54) is 5.56 Å². The van der Waals surface area contributed by atoms with Crippen molar-refractivity contribution in [3.05, 3.63) is 59.7 Å². The zero-order valence-corrected chi connectivity index (χ0v) is 17.6. The number of nitrogens with zero attached hydrogens (tertiary/aromatic N) is 1. The van der Waals surface area contributed by atoms with Gasteiger partial charge in [0.1, 0.15) is 11.5 Å². The molecule has 1 saturated carbocycles. The molecule has 0 saturated heterocycles. The molecule has 0 bridgehead atoms. The number of methoxy groups -OCH3 is 1. The first-order valence-corrected chi connectivity index (χ1v) is 10.2. The molecule has 7 heteroatoms. The third-order valence-corrected chi connectivity index (χ3v) is 4.78. The number of aliphatic imine (C=N–C) groups is 1. The molecule has 0 atom stereocenters. The number of carbonyl (C=O) groups is 1. The summed E-state index contributed by atoms with van der Waals surface area (Å²) in [6.07, 6.45) is 3.01. The van der Waals surface area contributed by atoms with E-state index in [1.54, 1.807) is 14.2 Å². The summed E-state index contributed by atoms with van der Waals surface area (Å²) in [6, 6.07) is 16.1. The van der Waals surface area contributed by atoms with Crippen LogP contribution in [0.4, 0.5) is 0 Å². The van der Waals surface area contributed by atoms with E-state index in [1.807, 2.05) is 48.5 Å². The lowest BCUT2D eigenvalue weighted by Crippen LogP contribution is -2.37. The number of hydrogen-bond acceptors (Lipinski definition) is 4. The summed E-state index contributed by atoms with van der Waals surface area (Å²) in [5, 5.41) is 9.53. The summed E-state index contributed by atoms with van der Waals surface area (Å²) in [7, 11) is 3.42. The van der Waals surface area contributed by atoms with Gasteiger partial charge in [0.2, 0.25) is 0 Å². The number of ether oxygens (including phenoxy) is 2. The van der Waals surface area contributed by atoms with E-state index < -0.39 is 0 Å². The molecule has 0 heterocycles. The number of guanidine groups is 1. The first-order valence-electron chi connectivity index (χ1n) is 10.2. The van der Waals surface area contributed by atoms with Crippen molar-refractivity contribution in [3.63, 3.8) is 0 Å². The molecule has 0 aromatic heterocycles. The average Bonchev–Trinajstić information content (AvgIpc) is 3.60. The highest BCUT2D eigenvalue weighted by molar-refractivity contribution is 5.79. The minimum atomic E-state index is -0.0562. The Bertz CT molecular complexity index is 831. The largest absolute Gasteiger partial charge is 0.497 e. The van der Waals surface area contributed by atoms with Crippen LogP contribution in [0.5, 0.6) is 11.5 Å². The van der Waals surface area contributed by atoms with E-state index in [9.17, 15) is 4.79 Å². The minimum absolute atomic E-state index is 0.0562. The molecule has 30 heavy (non-hydrogen) atoms. The maximum absolute atomic E-state index is 11.7. The van der Waals surface area contributed by atoms with Crippen molar-refractivity contribution < 1.29 is 14.3 Å².